The van der Waals surface area contributed by atoms with Gasteiger partial charge >= 0.3 is 6.36 Å². The van der Waals surface area contributed by atoms with Crippen LogP contribution in [0.15, 0.2) is 29.2 Å². The fraction of sp³-hybridized carbons (Fsp3) is 0.647. The van der Waals surface area contributed by atoms with Crippen LogP contribution < -0.4 is 4.74 Å². The zero-order valence-corrected chi connectivity index (χ0v) is 16.9. The number of halogens is 3. The molecule has 0 spiro atoms. The molecule has 1 unspecified atom stereocenters. The summed E-state index contributed by atoms with van der Waals surface area (Å²) in [6.45, 7) is 3.80. The van der Waals surface area contributed by atoms with E-state index < -0.39 is 22.1 Å². The molecule has 1 aromatic carbocycles. The average Bonchev–Trinajstić information content (AvgIpc) is 2.88. The van der Waals surface area contributed by atoms with Crippen molar-refractivity contribution in [1.82, 2.24) is 9.21 Å². The first kappa shape index (κ1) is 21.7. The van der Waals surface area contributed by atoms with Gasteiger partial charge in [-0.2, -0.15) is 16.1 Å². The lowest BCUT2D eigenvalue weighted by Crippen LogP contribution is -2.50. The normalized spacial score (nSPS) is 23.3. The highest BCUT2D eigenvalue weighted by Gasteiger charge is 2.35. The zero-order chi connectivity index (χ0) is 20.2. The highest BCUT2D eigenvalue weighted by atomic mass is 32.2. The van der Waals surface area contributed by atoms with Gasteiger partial charge in [-0.3, -0.25) is 4.90 Å². The van der Waals surface area contributed by atoms with Crippen molar-refractivity contribution in [2.75, 3.05) is 50.9 Å². The predicted molar refractivity (Wildman–Crippen MR) is 100 cm³/mol. The Labute approximate surface area is 167 Å². The van der Waals surface area contributed by atoms with Crippen LogP contribution in [-0.4, -0.2) is 80.9 Å². The van der Waals surface area contributed by atoms with Gasteiger partial charge < -0.3 is 9.47 Å². The van der Waals surface area contributed by atoms with Crippen molar-refractivity contribution in [1.29, 1.82) is 0 Å². The SMILES string of the molecule is O=S(=O)(c1ccc(OC(F)(F)F)cc1)N1CCCSCC1CN1CCOCC1. The molecule has 1 atom stereocenters. The summed E-state index contributed by atoms with van der Waals surface area (Å²) in [5.41, 5.74) is 0. The minimum absolute atomic E-state index is 0.0269. The second-order valence-corrected chi connectivity index (χ2v) is 9.67. The van der Waals surface area contributed by atoms with Gasteiger partial charge in [0.2, 0.25) is 10.0 Å². The second kappa shape index (κ2) is 9.21. The number of sulfonamides is 1. The molecule has 2 fully saturated rings. The Morgan fingerprint density at radius 1 is 1.14 bits per heavy atom. The molecule has 6 nitrogen and oxygen atoms in total. The number of hydrogen-bond donors (Lipinski definition) is 0. The summed E-state index contributed by atoms with van der Waals surface area (Å²) in [7, 11) is -3.82. The average molecular weight is 441 g/mol. The van der Waals surface area contributed by atoms with E-state index in [0.29, 0.717) is 32.1 Å². The Morgan fingerprint density at radius 2 is 1.82 bits per heavy atom. The fourth-order valence-corrected chi connectivity index (χ4v) is 6.10. The van der Waals surface area contributed by atoms with E-state index in [9.17, 15) is 21.6 Å². The molecule has 2 saturated heterocycles. The van der Waals surface area contributed by atoms with E-state index in [-0.39, 0.29) is 10.9 Å². The maximum Gasteiger partial charge on any atom is 0.573 e. The van der Waals surface area contributed by atoms with Gasteiger partial charge in [0.15, 0.2) is 0 Å². The molecule has 0 aromatic heterocycles. The summed E-state index contributed by atoms with van der Waals surface area (Å²) >= 11 is 1.73. The summed E-state index contributed by atoms with van der Waals surface area (Å²) in [6.07, 6.45) is -4.08. The summed E-state index contributed by atoms with van der Waals surface area (Å²) in [5, 5.41) is 0. The minimum Gasteiger partial charge on any atom is -0.406 e. The van der Waals surface area contributed by atoms with Crippen LogP contribution in [0, 0.1) is 0 Å². The first-order valence-corrected chi connectivity index (χ1v) is 11.6. The van der Waals surface area contributed by atoms with E-state index in [0.717, 1.165) is 37.4 Å². The van der Waals surface area contributed by atoms with E-state index in [4.69, 9.17) is 4.74 Å². The Bertz CT molecular complexity index is 738. The third-order valence-electron chi connectivity index (χ3n) is 4.62. The van der Waals surface area contributed by atoms with Crippen molar-refractivity contribution in [3.63, 3.8) is 0 Å². The monoisotopic (exact) mass is 440 g/mol. The lowest BCUT2D eigenvalue weighted by Gasteiger charge is -2.35. The molecule has 0 bridgehead atoms. The van der Waals surface area contributed by atoms with E-state index in [1.165, 1.54) is 16.4 Å². The third-order valence-corrected chi connectivity index (χ3v) is 7.79. The first-order chi connectivity index (χ1) is 13.3. The maximum atomic E-state index is 13.2. The van der Waals surface area contributed by atoms with Gasteiger partial charge in [0, 0.05) is 38.0 Å². The molecule has 2 aliphatic rings. The largest absolute Gasteiger partial charge is 0.573 e. The van der Waals surface area contributed by atoms with Crippen molar-refractivity contribution in [3.8, 4) is 5.75 Å². The molecule has 11 heteroatoms. The number of ether oxygens (including phenoxy) is 2. The summed E-state index contributed by atoms with van der Waals surface area (Å²) in [6, 6.07) is 4.20. The fourth-order valence-electron chi connectivity index (χ4n) is 3.30. The van der Waals surface area contributed by atoms with Crippen molar-refractivity contribution >= 4 is 21.8 Å². The highest BCUT2D eigenvalue weighted by molar-refractivity contribution is 7.99. The number of nitrogens with zero attached hydrogens (tertiary/aromatic N) is 2. The van der Waals surface area contributed by atoms with Gasteiger partial charge in [-0.25, -0.2) is 8.42 Å². The Balaban J connectivity index is 1.78. The van der Waals surface area contributed by atoms with E-state index in [2.05, 4.69) is 9.64 Å². The van der Waals surface area contributed by atoms with E-state index in [1.54, 1.807) is 11.8 Å². The van der Waals surface area contributed by atoms with Crippen LogP contribution in [0.4, 0.5) is 13.2 Å². The smallest absolute Gasteiger partial charge is 0.406 e. The van der Waals surface area contributed by atoms with Gasteiger partial charge in [0.05, 0.1) is 18.1 Å². The molecule has 0 amide bonds. The van der Waals surface area contributed by atoms with Crippen LogP contribution in [0.1, 0.15) is 6.42 Å². The standard InChI is InChI=1S/C17H23F3N2O4S2/c18-17(19,20)26-15-2-4-16(5-3-15)28(23,24)22-6-1-11-27-13-14(22)12-21-7-9-25-10-8-21/h2-5,14H,1,6-13H2. The van der Waals surface area contributed by atoms with Crippen molar-refractivity contribution in [2.45, 2.75) is 23.7 Å². The predicted octanol–water partition coefficient (Wildman–Crippen LogP) is 2.41. The number of thioether (sulfide) groups is 1. The molecule has 0 N–H and O–H groups in total. The molecule has 2 heterocycles. The van der Waals surface area contributed by atoms with Gasteiger partial charge in [0.25, 0.3) is 0 Å². The summed E-state index contributed by atoms with van der Waals surface area (Å²) in [4.78, 5) is 2.17. The molecule has 2 aliphatic heterocycles. The molecule has 3 rings (SSSR count). The summed E-state index contributed by atoms with van der Waals surface area (Å²) in [5.74, 6) is 1.12. The number of hydrogen-bond acceptors (Lipinski definition) is 6. The molecular formula is C17H23F3N2O4S2. The lowest BCUT2D eigenvalue weighted by molar-refractivity contribution is -0.274. The molecule has 1 aromatic rings. The van der Waals surface area contributed by atoms with Gasteiger partial charge in [-0.15, -0.1) is 13.2 Å². The van der Waals surface area contributed by atoms with Crippen molar-refractivity contribution in [2.24, 2.45) is 0 Å². The molecule has 0 saturated carbocycles. The van der Waals surface area contributed by atoms with Crippen LogP contribution in [0.2, 0.25) is 0 Å². The molecule has 158 valence electrons. The Hall–Kier alpha value is -1.01. The van der Waals surface area contributed by atoms with Crippen LogP contribution in [0.3, 0.4) is 0 Å². The van der Waals surface area contributed by atoms with Crippen LogP contribution in [0.5, 0.6) is 5.75 Å². The highest BCUT2D eigenvalue weighted by Crippen LogP contribution is 2.28. The Morgan fingerprint density at radius 3 is 2.46 bits per heavy atom. The van der Waals surface area contributed by atoms with Crippen molar-refractivity contribution < 1.29 is 31.1 Å². The second-order valence-electron chi connectivity index (χ2n) is 6.63. The molecule has 0 radical (unpaired) electrons. The van der Waals surface area contributed by atoms with Crippen LogP contribution in [-0.2, 0) is 14.8 Å². The molecule has 0 aliphatic carbocycles. The Kier molecular flexibility index (Phi) is 7.13. The third kappa shape index (κ3) is 5.76. The lowest BCUT2D eigenvalue weighted by atomic mass is 10.2. The van der Waals surface area contributed by atoms with Gasteiger partial charge in [-0.1, -0.05) is 0 Å². The number of morpholine rings is 1. The molecule has 28 heavy (non-hydrogen) atoms. The number of alkyl halides is 3. The van der Waals surface area contributed by atoms with Gasteiger partial charge in [-0.05, 0) is 36.4 Å². The van der Waals surface area contributed by atoms with Crippen LogP contribution in [0.25, 0.3) is 0 Å². The topological polar surface area (TPSA) is 59.1 Å². The number of rotatable bonds is 5. The first-order valence-electron chi connectivity index (χ1n) is 9.01. The van der Waals surface area contributed by atoms with Gasteiger partial charge in [0.1, 0.15) is 5.75 Å². The zero-order valence-electron chi connectivity index (χ0n) is 15.2. The van der Waals surface area contributed by atoms with E-state index >= 15 is 0 Å². The van der Waals surface area contributed by atoms with Crippen molar-refractivity contribution in [3.05, 3.63) is 24.3 Å². The van der Waals surface area contributed by atoms with E-state index in [1.807, 2.05) is 0 Å². The quantitative estimate of drug-likeness (QED) is 0.701. The molecular weight excluding hydrogens is 417 g/mol. The van der Waals surface area contributed by atoms with Crippen LogP contribution >= 0.6 is 11.8 Å². The number of benzene rings is 1. The minimum atomic E-state index is -4.81. The summed E-state index contributed by atoms with van der Waals surface area (Å²) < 4.78 is 74.0. The maximum absolute atomic E-state index is 13.2.